The second kappa shape index (κ2) is 12.2. The van der Waals surface area contributed by atoms with Gasteiger partial charge in [-0.1, -0.05) is 43.7 Å². The summed E-state index contributed by atoms with van der Waals surface area (Å²) >= 11 is 0. The smallest absolute Gasteiger partial charge is 0.261 e. The maximum Gasteiger partial charge on any atom is 0.261 e. The highest BCUT2D eigenvalue weighted by Crippen LogP contribution is 2.42. The zero-order valence-electron chi connectivity index (χ0n) is 23.9. The van der Waals surface area contributed by atoms with Crippen LogP contribution in [0.2, 0.25) is 0 Å². The van der Waals surface area contributed by atoms with Crippen LogP contribution in [0.4, 0.5) is 5.69 Å². The largest absolute Gasteiger partial charge is 0.497 e. The van der Waals surface area contributed by atoms with Gasteiger partial charge in [0.2, 0.25) is 5.91 Å². The molecule has 0 saturated heterocycles. The van der Waals surface area contributed by atoms with Gasteiger partial charge in [-0.2, -0.15) is 0 Å². The van der Waals surface area contributed by atoms with Gasteiger partial charge in [0, 0.05) is 12.7 Å². The standard InChI is InChI=1S/C33H35N3O5/c1-5-6-20-34(33(38)31-28(40-3)14-9-15-29(31)41-4)22-30(37)36-26-12-8-7-11-25(26)35-21-10-13-27(35)32(36)23-16-18-24(39-2)19-17-23/h7-19,21,32H,5-6,20,22H2,1-4H3. The molecule has 0 radical (unpaired) electrons. The Morgan fingerprint density at radius 2 is 1.49 bits per heavy atom. The second-order valence-corrected chi connectivity index (χ2v) is 9.85. The van der Waals surface area contributed by atoms with Crippen molar-refractivity contribution < 1.29 is 23.8 Å². The molecule has 0 N–H and O–H groups in total. The molecular formula is C33H35N3O5. The monoisotopic (exact) mass is 553 g/mol. The van der Waals surface area contributed by atoms with E-state index in [2.05, 4.69) is 11.5 Å². The van der Waals surface area contributed by atoms with Crippen LogP contribution in [-0.2, 0) is 4.79 Å². The van der Waals surface area contributed by atoms with E-state index in [1.165, 1.54) is 14.2 Å². The minimum absolute atomic E-state index is 0.109. The maximum absolute atomic E-state index is 14.5. The maximum atomic E-state index is 14.5. The van der Waals surface area contributed by atoms with Crippen molar-refractivity contribution in [3.05, 3.63) is 102 Å². The SMILES string of the molecule is CCCCN(CC(=O)N1c2ccccc2-n2cccc2C1c1ccc(OC)cc1)C(=O)c1c(OC)cccc1OC. The molecule has 1 aromatic heterocycles. The van der Waals surface area contributed by atoms with E-state index < -0.39 is 6.04 Å². The number of methoxy groups -OCH3 is 3. The Bertz CT molecular complexity index is 1510. The first kappa shape index (κ1) is 27.8. The predicted octanol–water partition coefficient (Wildman–Crippen LogP) is 5.88. The molecule has 5 rings (SSSR count). The number of ether oxygens (including phenoxy) is 3. The number of carbonyl (C=O) groups is 2. The summed E-state index contributed by atoms with van der Waals surface area (Å²) in [4.78, 5) is 31.9. The van der Waals surface area contributed by atoms with Crippen LogP contribution in [0.3, 0.4) is 0 Å². The van der Waals surface area contributed by atoms with Crippen LogP contribution in [0.5, 0.6) is 17.2 Å². The van der Waals surface area contributed by atoms with Crippen molar-refractivity contribution in [3.8, 4) is 22.9 Å². The highest BCUT2D eigenvalue weighted by molar-refractivity contribution is 6.04. The van der Waals surface area contributed by atoms with E-state index in [9.17, 15) is 9.59 Å². The quantitative estimate of drug-likeness (QED) is 0.245. The van der Waals surface area contributed by atoms with Gasteiger partial charge in [-0.25, -0.2) is 0 Å². The summed E-state index contributed by atoms with van der Waals surface area (Å²) in [6.07, 6.45) is 3.63. The Labute approximate surface area is 240 Å². The summed E-state index contributed by atoms with van der Waals surface area (Å²) in [7, 11) is 4.67. The van der Waals surface area contributed by atoms with Gasteiger partial charge >= 0.3 is 0 Å². The molecule has 1 unspecified atom stereocenters. The number of aromatic nitrogens is 1. The summed E-state index contributed by atoms with van der Waals surface area (Å²) in [6, 6.07) is 24.5. The normalized spacial score (nSPS) is 13.7. The molecule has 1 aliphatic heterocycles. The van der Waals surface area contributed by atoms with E-state index in [-0.39, 0.29) is 18.4 Å². The van der Waals surface area contributed by atoms with Crippen molar-refractivity contribution in [1.82, 2.24) is 9.47 Å². The van der Waals surface area contributed by atoms with Gasteiger partial charge in [0.1, 0.15) is 35.4 Å². The third-order valence-electron chi connectivity index (χ3n) is 7.46. The topological polar surface area (TPSA) is 73.2 Å². The Morgan fingerprint density at radius 3 is 2.12 bits per heavy atom. The number of anilines is 1. The van der Waals surface area contributed by atoms with Crippen molar-refractivity contribution in [2.45, 2.75) is 25.8 Å². The third kappa shape index (κ3) is 5.25. The number of nitrogens with zero attached hydrogens (tertiary/aromatic N) is 3. The van der Waals surface area contributed by atoms with E-state index in [1.54, 1.807) is 30.2 Å². The Kier molecular flexibility index (Phi) is 8.29. The lowest BCUT2D eigenvalue weighted by atomic mass is 9.97. The van der Waals surface area contributed by atoms with Crippen LogP contribution < -0.4 is 19.1 Å². The Morgan fingerprint density at radius 1 is 0.805 bits per heavy atom. The zero-order chi connectivity index (χ0) is 28.9. The molecule has 0 spiro atoms. The molecular weight excluding hydrogens is 518 g/mol. The predicted molar refractivity (Wildman–Crippen MR) is 158 cm³/mol. The first-order valence-electron chi connectivity index (χ1n) is 13.7. The first-order valence-corrected chi connectivity index (χ1v) is 13.7. The molecule has 8 nitrogen and oxygen atoms in total. The lowest BCUT2D eigenvalue weighted by Gasteiger charge is -2.39. The molecule has 41 heavy (non-hydrogen) atoms. The summed E-state index contributed by atoms with van der Waals surface area (Å²) in [5.41, 5.74) is 3.88. The first-order chi connectivity index (χ1) is 20.0. The van der Waals surface area contributed by atoms with Crippen molar-refractivity contribution in [3.63, 3.8) is 0 Å². The van der Waals surface area contributed by atoms with Crippen LogP contribution in [0.1, 0.15) is 47.4 Å². The van der Waals surface area contributed by atoms with E-state index in [0.29, 0.717) is 23.6 Å². The molecule has 0 fully saturated rings. The minimum Gasteiger partial charge on any atom is -0.497 e. The zero-order valence-corrected chi connectivity index (χ0v) is 23.9. The molecule has 1 atom stereocenters. The number of benzene rings is 3. The lowest BCUT2D eigenvalue weighted by Crippen LogP contribution is -2.47. The number of rotatable bonds is 10. The molecule has 2 amide bonds. The van der Waals surface area contributed by atoms with Gasteiger partial charge in [0.25, 0.3) is 5.91 Å². The van der Waals surface area contributed by atoms with Gasteiger partial charge in [-0.05, 0) is 60.5 Å². The molecule has 0 bridgehead atoms. The fourth-order valence-electron chi connectivity index (χ4n) is 5.42. The Hall–Kier alpha value is -4.72. The number of carbonyl (C=O) groups excluding carboxylic acids is 2. The van der Waals surface area contributed by atoms with Gasteiger partial charge in [0.05, 0.1) is 38.4 Å². The van der Waals surface area contributed by atoms with Crippen molar-refractivity contribution in [2.24, 2.45) is 0 Å². The highest BCUT2D eigenvalue weighted by atomic mass is 16.5. The lowest BCUT2D eigenvalue weighted by molar-refractivity contribution is -0.119. The van der Waals surface area contributed by atoms with Crippen LogP contribution >= 0.6 is 0 Å². The summed E-state index contributed by atoms with van der Waals surface area (Å²) < 4.78 is 18.5. The van der Waals surface area contributed by atoms with Gasteiger partial charge < -0.3 is 23.7 Å². The molecule has 0 aliphatic carbocycles. The number of unbranched alkanes of at least 4 members (excludes halogenated alkanes) is 1. The summed E-state index contributed by atoms with van der Waals surface area (Å²) in [5.74, 6) is 1.04. The van der Waals surface area contributed by atoms with Crippen molar-refractivity contribution in [2.75, 3.05) is 39.3 Å². The summed E-state index contributed by atoms with van der Waals surface area (Å²) in [5, 5.41) is 0. The van der Waals surface area contributed by atoms with Crippen LogP contribution in [0.25, 0.3) is 5.69 Å². The van der Waals surface area contributed by atoms with E-state index in [4.69, 9.17) is 14.2 Å². The number of para-hydroxylation sites is 2. The molecule has 4 aromatic rings. The van der Waals surface area contributed by atoms with Crippen LogP contribution in [0.15, 0.2) is 85.1 Å². The molecule has 8 heteroatoms. The number of fused-ring (bicyclic) bond motifs is 3. The Balaban J connectivity index is 1.57. The van der Waals surface area contributed by atoms with Crippen LogP contribution in [-0.4, -0.2) is 55.7 Å². The van der Waals surface area contributed by atoms with Gasteiger partial charge in [0.15, 0.2) is 0 Å². The van der Waals surface area contributed by atoms with E-state index >= 15 is 0 Å². The fourth-order valence-corrected chi connectivity index (χ4v) is 5.42. The molecule has 2 heterocycles. The molecule has 1 aliphatic rings. The molecule has 212 valence electrons. The van der Waals surface area contributed by atoms with E-state index in [1.807, 2.05) is 71.8 Å². The molecule has 3 aromatic carbocycles. The van der Waals surface area contributed by atoms with Crippen molar-refractivity contribution in [1.29, 1.82) is 0 Å². The summed E-state index contributed by atoms with van der Waals surface area (Å²) in [6.45, 7) is 2.37. The highest BCUT2D eigenvalue weighted by Gasteiger charge is 2.37. The number of amides is 2. The molecule has 0 saturated carbocycles. The average molecular weight is 554 g/mol. The van der Waals surface area contributed by atoms with Gasteiger partial charge in [-0.15, -0.1) is 0 Å². The fraction of sp³-hybridized carbons (Fsp3) is 0.273. The van der Waals surface area contributed by atoms with Crippen molar-refractivity contribution >= 4 is 17.5 Å². The number of hydrogen-bond acceptors (Lipinski definition) is 5. The van der Waals surface area contributed by atoms with Gasteiger partial charge in [-0.3, -0.25) is 14.5 Å². The second-order valence-electron chi connectivity index (χ2n) is 9.85. The minimum atomic E-state index is -0.401. The third-order valence-corrected chi connectivity index (χ3v) is 7.46. The number of hydrogen-bond donors (Lipinski definition) is 0. The van der Waals surface area contributed by atoms with Crippen LogP contribution in [0, 0.1) is 0 Å². The van der Waals surface area contributed by atoms with E-state index in [0.717, 1.165) is 41.2 Å². The average Bonchev–Trinajstić information content (AvgIpc) is 3.51.